The number of hydrogen-bond acceptors (Lipinski definition) is 5. The van der Waals surface area contributed by atoms with Crippen LogP contribution in [-0.2, 0) is 13.1 Å². The number of aliphatic hydroxyl groups is 1. The zero-order chi connectivity index (χ0) is 22.9. The van der Waals surface area contributed by atoms with Crippen LogP contribution in [0.2, 0.25) is 0 Å². The SMILES string of the molecule is Cc1ccc(OC[C@@]2(O)CCCN(Cc3ccc(OCCCn4cccn4)cc3)CC2)cc1. The molecule has 0 unspecified atom stereocenters. The predicted octanol–water partition coefficient (Wildman–Crippen LogP) is 4.46. The fraction of sp³-hybridized carbons (Fsp3) is 0.444. The quantitative estimate of drug-likeness (QED) is 0.463. The summed E-state index contributed by atoms with van der Waals surface area (Å²) in [6.07, 6.45) is 7.13. The van der Waals surface area contributed by atoms with E-state index >= 15 is 0 Å². The number of hydrogen-bond donors (Lipinski definition) is 1. The van der Waals surface area contributed by atoms with E-state index in [0.717, 1.165) is 63.4 Å². The van der Waals surface area contributed by atoms with E-state index in [0.29, 0.717) is 13.2 Å². The number of benzene rings is 2. The normalized spacial score (nSPS) is 19.2. The molecule has 2 heterocycles. The van der Waals surface area contributed by atoms with Crippen molar-refractivity contribution in [1.29, 1.82) is 0 Å². The first kappa shape index (κ1) is 23.3. The van der Waals surface area contributed by atoms with E-state index in [1.165, 1.54) is 11.1 Å². The van der Waals surface area contributed by atoms with Gasteiger partial charge in [-0.25, -0.2) is 0 Å². The maximum Gasteiger partial charge on any atom is 0.119 e. The zero-order valence-electron chi connectivity index (χ0n) is 19.5. The second-order valence-corrected chi connectivity index (χ2v) is 9.07. The summed E-state index contributed by atoms with van der Waals surface area (Å²) in [5, 5.41) is 15.3. The lowest BCUT2D eigenvalue weighted by molar-refractivity contribution is -0.0168. The Hall–Kier alpha value is -2.83. The van der Waals surface area contributed by atoms with Gasteiger partial charge in [0.05, 0.1) is 12.2 Å². The first-order valence-electron chi connectivity index (χ1n) is 11.9. The number of aryl methyl sites for hydroxylation is 2. The van der Waals surface area contributed by atoms with E-state index in [-0.39, 0.29) is 0 Å². The molecule has 1 aromatic heterocycles. The zero-order valence-corrected chi connectivity index (χ0v) is 19.5. The molecule has 0 spiro atoms. The smallest absolute Gasteiger partial charge is 0.119 e. The Bertz CT molecular complexity index is 957. The van der Waals surface area contributed by atoms with E-state index in [1.807, 2.05) is 53.3 Å². The molecule has 1 aliphatic rings. The van der Waals surface area contributed by atoms with Crippen molar-refractivity contribution in [3.8, 4) is 11.5 Å². The van der Waals surface area contributed by atoms with Gasteiger partial charge in [0.15, 0.2) is 0 Å². The number of rotatable bonds is 10. The van der Waals surface area contributed by atoms with Crippen molar-refractivity contribution < 1.29 is 14.6 Å². The Morgan fingerprint density at radius 3 is 2.48 bits per heavy atom. The summed E-state index contributed by atoms with van der Waals surface area (Å²) >= 11 is 0. The maximum absolute atomic E-state index is 11.1. The lowest BCUT2D eigenvalue weighted by atomic mass is 9.96. The van der Waals surface area contributed by atoms with Crippen LogP contribution >= 0.6 is 0 Å². The number of ether oxygens (including phenoxy) is 2. The van der Waals surface area contributed by atoms with Crippen LogP contribution in [0.3, 0.4) is 0 Å². The third-order valence-electron chi connectivity index (χ3n) is 6.23. The Kier molecular flexibility index (Phi) is 8.02. The summed E-state index contributed by atoms with van der Waals surface area (Å²) in [7, 11) is 0. The number of aromatic nitrogens is 2. The lowest BCUT2D eigenvalue weighted by Gasteiger charge is -2.27. The van der Waals surface area contributed by atoms with Gasteiger partial charge in [-0.2, -0.15) is 5.10 Å². The highest BCUT2D eigenvalue weighted by Gasteiger charge is 2.31. The average molecular weight is 450 g/mol. The minimum absolute atomic E-state index is 0.344. The third kappa shape index (κ3) is 7.34. The molecule has 1 aliphatic heterocycles. The van der Waals surface area contributed by atoms with Crippen LogP contribution in [-0.4, -0.2) is 51.7 Å². The standard InChI is InChI=1S/C27H35N3O3/c1-23-5-9-26(10-6-23)33-22-27(31)13-2-16-29(19-14-27)21-24-7-11-25(12-8-24)32-20-4-18-30-17-3-15-28-30/h3,5-12,15,17,31H,2,4,13-14,16,18-22H2,1H3/t27-/m1/s1. The average Bonchev–Trinajstić information content (AvgIpc) is 3.28. The predicted molar refractivity (Wildman–Crippen MR) is 130 cm³/mol. The summed E-state index contributed by atoms with van der Waals surface area (Å²) in [5.74, 6) is 1.72. The molecule has 6 nitrogen and oxygen atoms in total. The van der Waals surface area contributed by atoms with Gasteiger partial charge in [-0.1, -0.05) is 29.8 Å². The van der Waals surface area contributed by atoms with Gasteiger partial charge >= 0.3 is 0 Å². The van der Waals surface area contributed by atoms with Gasteiger partial charge in [-0.15, -0.1) is 0 Å². The molecule has 3 aromatic rings. The number of nitrogens with zero attached hydrogens (tertiary/aromatic N) is 3. The molecule has 1 fully saturated rings. The van der Waals surface area contributed by atoms with Gasteiger partial charge in [-0.3, -0.25) is 9.58 Å². The fourth-order valence-electron chi connectivity index (χ4n) is 4.19. The summed E-state index contributed by atoms with van der Waals surface area (Å²) in [5.41, 5.74) is 1.70. The molecule has 2 aromatic carbocycles. The summed E-state index contributed by atoms with van der Waals surface area (Å²) < 4.78 is 13.7. The Labute approximate surface area is 196 Å². The first-order valence-corrected chi connectivity index (χ1v) is 11.9. The Balaban J connectivity index is 1.19. The van der Waals surface area contributed by atoms with Gasteiger partial charge in [0, 0.05) is 38.4 Å². The highest BCUT2D eigenvalue weighted by atomic mass is 16.5. The molecule has 6 heteroatoms. The van der Waals surface area contributed by atoms with Crippen LogP contribution in [0.1, 0.15) is 36.8 Å². The van der Waals surface area contributed by atoms with Crippen molar-refractivity contribution in [3.05, 3.63) is 78.1 Å². The molecular formula is C27H35N3O3. The third-order valence-corrected chi connectivity index (χ3v) is 6.23. The second-order valence-electron chi connectivity index (χ2n) is 9.07. The van der Waals surface area contributed by atoms with Crippen molar-refractivity contribution in [2.75, 3.05) is 26.3 Å². The largest absolute Gasteiger partial charge is 0.494 e. The van der Waals surface area contributed by atoms with Crippen LogP contribution in [0.4, 0.5) is 0 Å². The monoisotopic (exact) mass is 449 g/mol. The summed E-state index contributed by atoms with van der Waals surface area (Å²) in [6, 6.07) is 18.3. The van der Waals surface area contributed by atoms with Crippen molar-refractivity contribution in [1.82, 2.24) is 14.7 Å². The first-order chi connectivity index (χ1) is 16.1. The molecule has 4 rings (SSSR count). The Morgan fingerprint density at radius 2 is 1.73 bits per heavy atom. The van der Waals surface area contributed by atoms with E-state index < -0.39 is 5.60 Å². The molecule has 1 saturated heterocycles. The molecule has 0 bridgehead atoms. The highest BCUT2D eigenvalue weighted by Crippen LogP contribution is 2.25. The topological polar surface area (TPSA) is 59.8 Å². The van der Waals surface area contributed by atoms with Crippen molar-refractivity contribution >= 4 is 0 Å². The molecule has 1 atom stereocenters. The summed E-state index contributed by atoms with van der Waals surface area (Å²) in [6.45, 7) is 6.67. The van der Waals surface area contributed by atoms with E-state index in [9.17, 15) is 5.11 Å². The van der Waals surface area contributed by atoms with E-state index in [4.69, 9.17) is 9.47 Å². The highest BCUT2D eigenvalue weighted by molar-refractivity contribution is 5.27. The van der Waals surface area contributed by atoms with Crippen LogP contribution in [0.5, 0.6) is 11.5 Å². The maximum atomic E-state index is 11.1. The van der Waals surface area contributed by atoms with Gasteiger partial charge in [0.25, 0.3) is 0 Å². The van der Waals surface area contributed by atoms with Crippen molar-refractivity contribution in [2.24, 2.45) is 0 Å². The van der Waals surface area contributed by atoms with Crippen LogP contribution < -0.4 is 9.47 Å². The van der Waals surface area contributed by atoms with Gasteiger partial charge in [-0.05, 0) is 68.6 Å². The molecule has 0 saturated carbocycles. The minimum Gasteiger partial charge on any atom is -0.494 e. The second kappa shape index (κ2) is 11.3. The molecule has 33 heavy (non-hydrogen) atoms. The fourth-order valence-corrected chi connectivity index (χ4v) is 4.19. The molecule has 176 valence electrons. The van der Waals surface area contributed by atoms with Crippen LogP contribution in [0.15, 0.2) is 67.0 Å². The molecule has 0 radical (unpaired) electrons. The van der Waals surface area contributed by atoms with Gasteiger partial charge in [0.2, 0.25) is 0 Å². The Morgan fingerprint density at radius 1 is 0.970 bits per heavy atom. The minimum atomic E-state index is -0.770. The van der Waals surface area contributed by atoms with E-state index in [2.05, 4.69) is 29.1 Å². The van der Waals surface area contributed by atoms with Gasteiger partial charge < -0.3 is 14.6 Å². The van der Waals surface area contributed by atoms with Crippen LogP contribution in [0, 0.1) is 6.92 Å². The number of likely N-dealkylation sites (tertiary alicyclic amines) is 1. The molecule has 0 amide bonds. The summed E-state index contributed by atoms with van der Waals surface area (Å²) in [4.78, 5) is 2.42. The molecular weight excluding hydrogens is 414 g/mol. The molecule has 1 N–H and O–H groups in total. The lowest BCUT2D eigenvalue weighted by Crippen LogP contribution is -2.37. The van der Waals surface area contributed by atoms with E-state index in [1.54, 1.807) is 6.20 Å². The van der Waals surface area contributed by atoms with Crippen molar-refractivity contribution in [3.63, 3.8) is 0 Å². The van der Waals surface area contributed by atoms with Crippen LogP contribution in [0.25, 0.3) is 0 Å². The van der Waals surface area contributed by atoms with Gasteiger partial charge in [0.1, 0.15) is 18.1 Å². The molecule has 0 aliphatic carbocycles. The van der Waals surface area contributed by atoms with Crippen molar-refractivity contribution in [2.45, 2.75) is 51.3 Å².